The van der Waals surface area contributed by atoms with Crippen LogP contribution in [0.4, 0.5) is 5.82 Å². The van der Waals surface area contributed by atoms with Crippen LogP contribution in [0.5, 0.6) is 0 Å². The van der Waals surface area contributed by atoms with Crippen LogP contribution in [0, 0.1) is 0 Å². The highest BCUT2D eigenvalue weighted by Crippen LogP contribution is 2.25. The predicted octanol–water partition coefficient (Wildman–Crippen LogP) is 2.38. The van der Waals surface area contributed by atoms with E-state index in [1.807, 2.05) is 17.8 Å². The second-order valence-corrected chi connectivity index (χ2v) is 4.41. The molecule has 2 aromatic heterocycles. The number of anilines is 1. The first-order valence-electron chi connectivity index (χ1n) is 5.87. The average Bonchev–Trinajstić information content (AvgIpc) is 2.73. The van der Waals surface area contributed by atoms with Gasteiger partial charge in [-0.05, 0) is 25.3 Å². The van der Waals surface area contributed by atoms with Gasteiger partial charge in [-0.25, -0.2) is 9.97 Å². The van der Waals surface area contributed by atoms with Crippen molar-refractivity contribution in [3.05, 3.63) is 18.6 Å². The Kier molecular flexibility index (Phi) is 3.52. The van der Waals surface area contributed by atoms with E-state index in [1.165, 1.54) is 24.6 Å². The molecule has 1 aliphatic rings. The molecule has 0 atom stereocenters. The van der Waals surface area contributed by atoms with Gasteiger partial charge < -0.3 is 9.47 Å². The molecule has 3 heterocycles. The molecule has 0 radical (unpaired) electrons. The molecular formula is C12H17ClN4. The topological polar surface area (TPSA) is 34.0 Å². The number of fused-ring (bicyclic) bond motifs is 1. The second kappa shape index (κ2) is 4.92. The third-order valence-corrected chi connectivity index (χ3v) is 3.30. The van der Waals surface area contributed by atoms with Gasteiger partial charge >= 0.3 is 0 Å². The van der Waals surface area contributed by atoms with Gasteiger partial charge in [0.05, 0.1) is 5.39 Å². The van der Waals surface area contributed by atoms with Crippen LogP contribution in [0.15, 0.2) is 18.6 Å². The molecule has 17 heavy (non-hydrogen) atoms. The SMILES string of the molecule is Cl.Cn1ccc2c(N3CCCCC3)ncnc21. The Labute approximate surface area is 107 Å². The van der Waals surface area contributed by atoms with Gasteiger partial charge in [0.15, 0.2) is 0 Å². The summed E-state index contributed by atoms with van der Waals surface area (Å²) in [6.07, 6.45) is 7.62. The van der Waals surface area contributed by atoms with Crippen LogP contribution >= 0.6 is 12.4 Å². The molecule has 0 N–H and O–H groups in total. The fraction of sp³-hybridized carbons (Fsp3) is 0.500. The molecule has 0 amide bonds. The van der Waals surface area contributed by atoms with Crippen molar-refractivity contribution in [2.45, 2.75) is 19.3 Å². The molecule has 0 spiro atoms. The van der Waals surface area contributed by atoms with Crippen molar-refractivity contribution >= 4 is 29.3 Å². The van der Waals surface area contributed by atoms with Crippen molar-refractivity contribution in [2.75, 3.05) is 18.0 Å². The summed E-state index contributed by atoms with van der Waals surface area (Å²) in [5, 5.41) is 1.17. The highest BCUT2D eigenvalue weighted by Gasteiger charge is 2.15. The smallest absolute Gasteiger partial charge is 0.145 e. The minimum atomic E-state index is 0. The van der Waals surface area contributed by atoms with Crippen LogP contribution < -0.4 is 4.90 Å². The van der Waals surface area contributed by atoms with E-state index in [0.717, 1.165) is 24.6 Å². The van der Waals surface area contributed by atoms with Crippen molar-refractivity contribution in [3.8, 4) is 0 Å². The van der Waals surface area contributed by atoms with E-state index >= 15 is 0 Å². The Bertz CT molecular complexity index is 502. The van der Waals surface area contributed by atoms with Crippen molar-refractivity contribution in [1.82, 2.24) is 14.5 Å². The Hall–Kier alpha value is -1.29. The first kappa shape index (κ1) is 12.2. The molecule has 92 valence electrons. The van der Waals surface area contributed by atoms with Crippen molar-refractivity contribution in [3.63, 3.8) is 0 Å². The van der Waals surface area contributed by atoms with Crippen molar-refractivity contribution in [2.24, 2.45) is 7.05 Å². The normalized spacial score (nSPS) is 15.9. The molecular weight excluding hydrogens is 236 g/mol. The monoisotopic (exact) mass is 252 g/mol. The maximum absolute atomic E-state index is 4.45. The van der Waals surface area contributed by atoms with Gasteiger partial charge in [0.2, 0.25) is 0 Å². The molecule has 0 unspecified atom stereocenters. The zero-order chi connectivity index (χ0) is 11.0. The summed E-state index contributed by atoms with van der Waals surface area (Å²) in [6, 6.07) is 2.11. The van der Waals surface area contributed by atoms with Crippen molar-refractivity contribution < 1.29 is 0 Å². The minimum Gasteiger partial charge on any atom is -0.356 e. The lowest BCUT2D eigenvalue weighted by Gasteiger charge is -2.27. The van der Waals surface area contributed by atoms with Gasteiger partial charge in [-0.2, -0.15) is 0 Å². The first-order chi connectivity index (χ1) is 7.86. The van der Waals surface area contributed by atoms with Gasteiger partial charge in [0, 0.05) is 26.3 Å². The number of aryl methyl sites for hydroxylation is 1. The number of rotatable bonds is 1. The molecule has 0 saturated carbocycles. The summed E-state index contributed by atoms with van der Waals surface area (Å²) in [5.41, 5.74) is 1.02. The lowest BCUT2D eigenvalue weighted by Crippen LogP contribution is -2.30. The van der Waals surface area contributed by atoms with E-state index in [2.05, 4.69) is 20.9 Å². The van der Waals surface area contributed by atoms with Gasteiger partial charge in [0.25, 0.3) is 0 Å². The third kappa shape index (κ3) is 2.09. The lowest BCUT2D eigenvalue weighted by molar-refractivity contribution is 0.574. The highest BCUT2D eigenvalue weighted by molar-refractivity contribution is 5.87. The predicted molar refractivity (Wildman–Crippen MR) is 71.8 cm³/mol. The van der Waals surface area contributed by atoms with Crippen LogP contribution in [0.1, 0.15) is 19.3 Å². The fourth-order valence-corrected chi connectivity index (χ4v) is 2.42. The van der Waals surface area contributed by atoms with Crippen LogP contribution in [-0.4, -0.2) is 27.6 Å². The lowest BCUT2D eigenvalue weighted by atomic mass is 10.1. The maximum Gasteiger partial charge on any atom is 0.145 e. The van der Waals surface area contributed by atoms with E-state index in [-0.39, 0.29) is 12.4 Å². The summed E-state index contributed by atoms with van der Waals surface area (Å²) in [5.74, 6) is 1.10. The number of nitrogens with zero attached hydrogens (tertiary/aromatic N) is 4. The van der Waals surface area contributed by atoms with Gasteiger partial charge in [-0.15, -0.1) is 12.4 Å². The molecule has 5 heteroatoms. The Morgan fingerprint density at radius 1 is 1.12 bits per heavy atom. The number of piperidine rings is 1. The van der Waals surface area contributed by atoms with Crippen molar-refractivity contribution in [1.29, 1.82) is 0 Å². The second-order valence-electron chi connectivity index (χ2n) is 4.41. The minimum absolute atomic E-state index is 0. The number of hydrogen-bond donors (Lipinski definition) is 0. The summed E-state index contributed by atoms with van der Waals surface area (Å²) >= 11 is 0. The zero-order valence-electron chi connectivity index (χ0n) is 9.96. The molecule has 1 aliphatic heterocycles. The van der Waals surface area contributed by atoms with E-state index in [9.17, 15) is 0 Å². The Morgan fingerprint density at radius 3 is 2.65 bits per heavy atom. The summed E-state index contributed by atoms with van der Waals surface area (Å²) in [7, 11) is 2.02. The molecule has 1 saturated heterocycles. The maximum atomic E-state index is 4.45. The van der Waals surface area contributed by atoms with Crippen LogP contribution in [0.3, 0.4) is 0 Å². The summed E-state index contributed by atoms with van der Waals surface area (Å²) < 4.78 is 2.05. The quantitative estimate of drug-likeness (QED) is 0.782. The molecule has 3 rings (SSSR count). The standard InChI is InChI=1S/C12H16N4.ClH/c1-15-8-5-10-11(15)13-9-14-12(10)16-6-3-2-4-7-16;/h5,8-9H,2-4,6-7H2,1H3;1H. The van der Waals surface area contributed by atoms with Crippen LogP contribution in [0.2, 0.25) is 0 Å². The van der Waals surface area contributed by atoms with E-state index < -0.39 is 0 Å². The Morgan fingerprint density at radius 2 is 1.88 bits per heavy atom. The fourth-order valence-electron chi connectivity index (χ4n) is 2.42. The number of hydrogen-bond acceptors (Lipinski definition) is 3. The zero-order valence-corrected chi connectivity index (χ0v) is 10.8. The molecule has 0 aliphatic carbocycles. The van der Waals surface area contributed by atoms with Crippen LogP contribution in [-0.2, 0) is 7.05 Å². The molecule has 1 fully saturated rings. The van der Waals surface area contributed by atoms with Crippen LogP contribution in [0.25, 0.3) is 11.0 Å². The van der Waals surface area contributed by atoms with Gasteiger partial charge in [0.1, 0.15) is 17.8 Å². The molecule has 0 aromatic carbocycles. The molecule has 0 bridgehead atoms. The summed E-state index contributed by atoms with van der Waals surface area (Å²) in [4.78, 5) is 11.1. The van der Waals surface area contributed by atoms with Gasteiger partial charge in [-0.1, -0.05) is 0 Å². The third-order valence-electron chi connectivity index (χ3n) is 3.30. The van der Waals surface area contributed by atoms with E-state index in [4.69, 9.17) is 0 Å². The molecule has 2 aromatic rings. The molecule has 4 nitrogen and oxygen atoms in total. The Balaban J connectivity index is 0.00000108. The first-order valence-corrected chi connectivity index (χ1v) is 5.87. The van der Waals surface area contributed by atoms with E-state index in [1.54, 1.807) is 6.33 Å². The average molecular weight is 253 g/mol. The highest BCUT2D eigenvalue weighted by atomic mass is 35.5. The number of halogens is 1. The summed E-state index contributed by atoms with van der Waals surface area (Å²) in [6.45, 7) is 2.25. The largest absolute Gasteiger partial charge is 0.356 e. The van der Waals surface area contributed by atoms with E-state index in [0.29, 0.717) is 0 Å². The number of aromatic nitrogens is 3. The van der Waals surface area contributed by atoms with Gasteiger partial charge in [-0.3, -0.25) is 0 Å².